The highest BCUT2D eigenvalue weighted by atomic mass is 15.1. The Morgan fingerprint density at radius 2 is 1.63 bits per heavy atom. The van der Waals surface area contributed by atoms with Gasteiger partial charge in [0, 0.05) is 23.7 Å². The van der Waals surface area contributed by atoms with Crippen molar-refractivity contribution in [3.8, 4) is 0 Å². The Balaban J connectivity index is 2.70. The van der Waals surface area contributed by atoms with Gasteiger partial charge in [-0.05, 0) is 44.0 Å². The van der Waals surface area contributed by atoms with E-state index in [1.807, 2.05) is 12.1 Å². The Morgan fingerprint density at radius 1 is 1.11 bits per heavy atom. The van der Waals surface area contributed by atoms with Crippen LogP contribution in [0.15, 0.2) is 24.3 Å². The number of hydrogen-bond acceptors (Lipinski definition) is 2. The lowest BCUT2D eigenvalue weighted by molar-refractivity contribution is 0.190. The molecule has 0 aliphatic heterocycles. The minimum atomic E-state index is 0.147. The van der Waals surface area contributed by atoms with Crippen LogP contribution in [0.4, 0.5) is 5.69 Å². The molecule has 0 radical (unpaired) electrons. The van der Waals surface area contributed by atoms with Crippen molar-refractivity contribution in [1.82, 2.24) is 4.90 Å². The van der Waals surface area contributed by atoms with Crippen LogP contribution in [-0.4, -0.2) is 24.5 Å². The molecule has 0 fully saturated rings. The van der Waals surface area contributed by atoms with E-state index >= 15 is 0 Å². The van der Waals surface area contributed by atoms with E-state index in [1.165, 1.54) is 12.0 Å². The topological polar surface area (TPSA) is 29.3 Å². The first-order valence-electron chi connectivity index (χ1n) is 7.28. The minimum Gasteiger partial charge on any atom is -0.399 e. The van der Waals surface area contributed by atoms with Crippen molar-refractivity contribution >= 4 is 5.69 Å². The van der Waals surface area contributed by atoms with Crippen molar-refractivity contribution in [2.24, 2.45) is 5.92 Å². The molecule has 0 bridgehead atoms. The Hall–Kier alpha value is -1.02. The van der Waals surface area contributed by atoms with E-state index in [4.69, 9.17) is 5.73 Å². The Kier molecular flexibility index (Phi) is 5.42. The van der Waals surface area contributed by atoms with E-state index in [2.05, 4.69) is 58.7 Å². The summed E-state index contributed by atoms with van der Waals surface area (Å²) in [6, 6.07) is 8.91. The summed E-state index contributed by atoms with van der Waals surface area (Å²) in [4.78, 5) is 2.47. The van der Waals surface area contributed by atoms with Gasteiger partial charge in [-0.2, -0.15) is 0 Å². The van der Waals surface area contributed by atoms with Crippen molar-refractivity contribution in [1.29, 1.82) is 0 Å². The quantitative estimate of drug-likeness (QED) is 0.788. The van der Waals surface area contributed by atoms with Gasteiger partial charge in [0.2, 0.25) is 0 Å². The monoisotopic (exact) mass is 262 g/mol. The number of anilines is 1. The molecule has 108 valence electrons. The van der Waals surface area contributed by atoms with E-state index < -0.39 is 0 Å². The molecule has 2 nitrogen and oxygen atoms in total. The summed E-state index contributed by atoms with van der Waals surface area (Å²) in [6.07, 6.45) is 1.24. The standard InChI is InChI=1S/C17H30N2/c1-13(2)11-14(3)19(6)12-17(4,5)15-7-9-16(18)10-8-15/h7-10,13-14H,11-12,18H2,1-6H3. The van der Waals surface area contributed by atoms with Gasteiger partial charge in [-0.25, -0.2) is 0 Å². The van der Waals surface area contributed by atoms with Crippen LogP contribution < -0.4 is 5.73 Å². The lowest BCUT2D eigenvalue weighted by Gasteiger charge is -2.35. The van der Waals surface area contributed by atoms with Crippen LogP contribution in [0.3, 0.4) is 0 Å². The number of likely N-dealkylation sites (N-methyl/N-ethyl adjacent to an activating group) is 1. The van der Waals surface area contributed by atoms with Crippen molar-refractivity contribution in [2.45, 2.75) is 52.5 Å². The van der Waals surface area contributed by atoms with Gasteiger partial charge < -0.3 is 10.6 Å². The zero-order valence-corrected chi connectivity index (χ0v) is 13.4. The fraction of sp³-hybridized carbons (Fsp3) is 0.647. The van der Waals surface area contributed by atoms with Crippen molar-refractivity contribution in [2.75, 3.05) is 19.3 Å². The predicted molar refractivity (Wildman–Crippen MR) is 85.4 cm³/mol. The zero-order valence-electron chi connectivity index (χ0n) is 13.4. The molecule has 0 spiro atoms. The summed E-state index contributed by atoms with van der Waals surface area (Å²) in [5.74, 6) is 0.747. The fourth-order valence-corrected chi connectivity index (χ4v) is 2.67. The van der Waals surface area contributed by atoms with Gasteiger partial charge in [0.1, 0.15) is 0 Å². The van der Waals surface area contributed by atoms with E-state index in [0.29, 0.717) is 6.04 Å². The summed E-state index contributed by atoms with van der Waals surface area (Å²) in [5, 5.41) is 0. The predicted octanol–water partition coefficient (Wildman–Crippen LogP) is 3.91. The Labute approximate surface area is 119 Å². The molecule has 1 atom stereocenters. The highest BCUT2D eigenvalue weighted by Gasteiger charge is 2.24. The van der Waals surface area contributed by atoms with Gasteiger partial charge in [0.15, 0.2) is 0 Å². The number of nitrogens with two attached hydrogens (primary N) is 1. The molecule has 0 aromatic heterocycles. The second kappa shape index (κ2) is 6.42. The molecule has 1 aromatic carbocycles. The lowest BCUT2D eigenvalue weighted by atomic mass is 9.83. The second-order valence-corrected chi connectivity index (χ2v) is 6.90. The molecule has 0 aliphatic rings. The highest BCUT2D eigenvalue weighted by Crippen LogP contribution is 2.26. The molecule has 0 saturated heterocycles. The smallest absolute Gasteiger partial charge is 0.0314 e. The minimum absolute atomic E-state index is 0.147. The third kappa shape index (κ3) is 4.87. The van der Waals surface area contributed by atoms with Crippen LogP contribution in [0, 0.1) is 5.92 Å². The molecule has 19 heavy (non-hydrogen) atoms. The fourth-order valence-electron chi connectivity index (χ4n) is 2.67. The van der Waals surface area contributed by atoms with Gasteiger partial charge >= 0.3 is 0 Å². The second-order valence-electron chi connectivity index (χ2n) is 6.90. The summed E-state index contributed by atoms with van der Waals surface area (Å²) in [7, 11) is 2.23. The normalized spacial score (nSPS) is 14.1. The number of nitrogens with zero attached hydrogens (tertiary/aromatic N) is 1. The number of hydrogen-bond donors (Lipinski definition) is 1. The molecule has 1 aromatic rings. The SMILES string of the molecule is CC(C)CC(C)N(C)CC(C)(C)c1ccc(N)cc1. The zero-order chi connectivity index (χ0) is 14.6. The first-order chi connectivity index (χ1) is 8.72. The average Bonchev–Trinajstić information content (AvgIpc) is 2.27. The third-order valence-corrected chi connectivity index (χ3v) is 3.90. The molecule has 0 amide bonds. The molecule has 2 N–H and O–H groups in total. The first-order valence-corrected chi connectivity index (χ1v) is 7.28. The number of rotatable bonds is 6. The van der Waals surface area contributed by atoms with Crippen molar-refractivity contribution in [3.05, 3.63) is 29.8 Å². The van der Waals surface area contributed by atoms with Crippen LogP contribution in [0.5, 0.6) is 0 Å². The van der Waals surface area contributed by atoms with E-state index in [1.54, 1.807) is 0 Å². The lowest BCUT2D eigenvalue weighted by Crippen LogP contribution is -2.40. The summed E-state index contributed by atoms with van der Waals surface area (Å²) >= 11 is 0. The van der Waals surface area contributed by atoms with Gasteiger partial charge in [-0.1, -0.05) is 39.8 Å². The molecule has 1 unspecified atom stereocenters. The van der Waals surface area contributed by atoms with E-state index in [9.17, 15) is 0 Å². The van der Waals surface area contributed by atoms with Crippen molar-refractivity contribution < 1.29 is 0 Å². The summed E-state index contributed by atoms with van der Waals surface area (Å²) < 4.78 is 0. The third-order valence-electron chi connectivity index (χ3n) is 3.90. The largest absolute Gasteiger partial charge is 0.399 e. The Bertz CT molecular complexity index is 379. The van der Waals surface area contributed by atoms with Crippen LogP contribution >= 0.6 is 0 Å². The summed E-state index contributed by atoms with van der Waals surface area (Å²) in [5.41, 5.74) is 8.10. The van der Waals surface area contributed by atoms with Gasteiger partial charge in [0.25, 0.3) is 0 Å². The Morgan fingerprint density at radius 3 is 2.11 bits per heavy atom. The number of benzene rings is 1. The van der Waals surface area contributed by atoms with Crippen LogP contribution in [0.2, 0.25) is 0 Å². The summed E-state index contributed by atoms with van der Waals surface area (Å²) in [6.45, 7) is 12.6. The molecule has 0 heterocycles. The van der Waals surface area contributed by atoms with Gasteiger partial charge in [-0.15, -0.1) is 0 Å². The highest BCUT2D eigenvalue weighted by molar-refractivity contribution is 5.41. The maximum absolute atomic E-state index is 5.76. The van der Waals surface area contributed by atoms with Crippen LogP contribution in [-0.2, 0) is 5.41 Å². The molecular formula is C17H30N2. The van der Waals surface area contributed by atoms with Gasteiger partial charge in [-0.3, -0.25) is 0 Å². The van der Waals surface area contributed by atoms with Crippen molar-refractivity contribution in [3.63, 3.8) is 0 Å². The first kappa shape index (κ1) is 16.0. The van der Waals surface area contributed by atoms with E-state index in [-0.39, 0.29) is 5.41 Å². The molecule has 1 rings (SSSR count). The maximum atomic E-state index is 5.76. The van der Waals surface area contributed by atoms with Crippen LogP contribution in [0.1, 0.15) is 46.6 Å². The maximum Gasteiger partial charge on any atom is 0.0314 e. The van der Waals surface area contributed by atoms with E-state index in [0.717, 1.165) is 18.2 Å². The molecule has 2 heteroatoms. The van der Waals surface area contributed by atoms with Crippen LogP contribution in [0.25, 0.3) is 0 Å². The number of nitrogen functional groups attached to an aromatic ring is 1. The molecule has 0 saturated carbocycles. The average molecular weight is 262 g/mol. The van der Waals surface area contributed by atoms with Gasteiger partial charge in [0.05, 0.1) is 0 Å². The molecular weight excluding hydrogens is 232 g/mol. The molecule has 0 aliphatic carbocycles.